The van der Waals surface area contributed by atoms with Crippen molar-refractivity contribution in [1.82, 2.24) is 19.4 Å². The second-order valence-electron chi connectivity index (χ2n) is 6.99. The van der Waals surface area contributed by atoms with E-state index in [0.29, 0.717) is 5.92 Å². The quantitative estimate of drug-likeness (QED) is 0.692. The van der Waals surface area contributed by atoms with E-state index in [1.807, 2.05) is 42.1 Å². The van der Waals surface area contributed by atoms with Crippen molar-refractivity contribution >= 4 is 11.3 Å². The molecule has 0 amide bonds. The number of hydrogen-bond acceptors (Lipinski definition) is 4. The number of hydrogen-bond donors (Lipinski definition) is 0. The van der Waals surface area contributed by atoms with Gasteiger partial charge in [0.1, 0.15) is 5.82 Å². The Kier molecular flexibility index (Phi) is 4.68. The topological polar surface area (TPSA) is 34.0 Å². The molecule has 0 aliphatic carbocycles. The minimum absolute atomic E-state index is 0.689. The molecule has 4 rings (SSSR count). The van der Waals surface area contributed by atoms with E-state index in [9.17, 15) is 0 Å². The van der Waals surface area contributed by atoms with Gasteiger partial charge in [0.2, 0.25) is 0 Å². The fraction of sp³-hybridized carbons (Fsp3) is 0.400. The Balaban J connectivity index is 1.45. The van der Waals surface area contributed by atoms with E-state index in [0.717, 1.165) is 24.5 Å². The molecule has 1 fully saturated rings. The number of thiophene rings is 1. The molecule has 0 aromatic carbocycles. The summed E-state index contributed by atoms with van der Waals surface area (Å²) in [6, 6.07) is 6.31. The number of likely N-dealkylation sites (tertiary alicyclic amines) is 1. The van der Waals surface area contributed by atoms with Crippen LogP contribution in [0.3, 0.4) is 0 Å². The Morgan fingerprint density at radius 1 is 1.20 bits per heavy atom. The zero-order valence-electron chi connectivity index (χ0n) is 14.9. The predicted molar refractivity (Wildman–Crippen MR) is 103 cm³/mol. The molecule has 0 radical (unpaired) electrons. The molecular weight excluding hydrogens is 328 g/mol. The van der Waals surface area contributed by atoms with Crippen LogP contribution < -0.4 is 0 Å². The van der Waals surface area contributed by atoms with Crippen LogP contribution in [0.4, 0.5) is 0 Å². The fourth-order valence-electron chi connectivity index (χ4n) is 3.66. The molecule has 1 unspecified atom stereocenters. The molecule has 0 saturated carbocycles. The molecular formula is C20H24N4S. The van der Waals surface area contributed by atoms with Gasteiger partial charge in [0.15, 0.2) is 0 Å². The molecule has 130 valence electrons. The zero-order chi connectivity index (χ0) is 17.2. The van der Waals surface area contributed by atoms with Crippen molar-refractivity contribution in [2.45, 2.75) is 33.4 Å². The van der Waals surface area contributed by atoms with Crippen LogP contribution in [0.5, 0.6) is 0 Å². The summed E-state index contributed by atoms with van der Waals surface area (Å²) in [7, 11) is 0. The predicted octanol–water partition coefficient (Wildman–Crippen LogP) is 4.15. The van der Waals surface area contributed by atoms with Gasteiger partial charge in [-0.1, -0.05) is 0 Å². The van der Waals surface area contributed by atoms with E-state index in [1.165, 1.54) is 35.6 Å². The van der Waals surface area contributed by atoms with Gasteiger partial charge in [0.05, 0.1) is 0 Å². The SMILES string of the molecule is Cc1ccsc1CN1CCC(Cn2c(C)cnc2-c2ccncc2)C1. The standard InChI is InChI=1S/C20H24N4S/c1-15-6-10-25-19(15)14-23-9-5-17(12-23)13-24-16(2)11-22-20(24)18-3-7-21-8-4-18/h3-4,6-8,10-11,17H,5,9,12-14H2,1-2H3. The normalized spacial score (nSPS) is 18.1. The maximum Gasteiger partial charge on any atom is 0.140 e. The lowest BCUT2D eigenvalue weighted by atomic mass is 10.1. The molecule has 3 aromatic heterocycles. The summed E-state index contributed by atoms with van der Waals surface area (Å²) in [5.41, 5.74) is 3.81. The molecule has 4 nitrogen and oxygen atoms in total. The first-order valence-electron chi connectivity index (χ1n) is 8.88. The largest absolute Gasteiger partial charge is 0.328 e. The molecule has 0 spiro atoms. The summed E-state index contributed by atoms with van der Waals surface area (Å²) in [6.07, 6.45) is 6.92. The number of imidazole rings is 1. The van der Waals surface area contributed by atoms with Crippen molar-refractivity contribution in [3.8, 4) is 11.4 Å². The summed E-state index contributed by atoms with van der Waals surface area (Å²) in [6.45, 7) is 8.88. The van der Waals surface area contributed by atoms with Crippen LogP contribution in [0, 0.1) is 19.8 Å². The number of rotatable bonds is 5. The first-order valence-corrected chi connectivity index (χ1v) is 9.76. The van der Waals surface area contributed by atoms with Crippen LogP contribution in [0.2, 0.25) is 0 Å². The lowest BCUT2D eigenvalue weighted by Gasteiger charge is -2.17. The molecule has 0 bridgehead atoms. The third-order valence-corrected chi connectivity index (χ3v) is 6.15. The summed E-state index contributed by atoms with van der Waals surface area (Å²) < 4.78 is 2.37. The maximum absolute atomic E-state index is 4.64. The van der Waals surface area contributed by atoms with Crippen LogP contribution in [-0.4, -0.2) is 32.5 Å². The molecule has 3 aromatic rings. The number of pyridine rings is 1. The van der Waals surface area contributed by atoms with Crippen LogP contribution in [0.25, 0.3) is 11.4 Å². The van der Waals surface area contributed by atoms with Gasteiger partial charge in [-0.05, 0) is 61.9 Å². The van der Waals surface area contributed by atoms with Crippen molar-refractivity contribution in [3.63, 3.8) is 0 Å². The van der Waals surface area contributed by atoms with E-state index >= 15 is 0 Å². The highest BCUT2D eigenvalue weighted by atomic mass is 32.1. The van der Waals surface area contributed by atoms with Crippen molar-refractivity contribution in [2.24, 2.45) is 5.92 Å². The molecule has 1 saturated heterocycles. The highest BCUT2D eigenvalue weighted by Crippen LogP contribution is 2.26. The highest BCUT2D eigenvalue weighted by Gasteiger charge is 2.25. The van der Waals surface area contributed by atoms with Crippen LogP contribution >= 0.6 is 11.3 Å². The number of aromatic nitrogens is 3. The summed E-state index contributed by atoms with van der Waals surface area (Å²) in [5.74, 6) is 1.75. The van der Waals surface area contributed by atoms with Gasteiger partial charge in [0, 0.05) is 54.4 Å². The van der Waals surface area contributed by atoms with Gasteiger partial charge in [-0.2, -0.15) is 0 Å². The molecule has 1 atom stereocenters. The van der Waals surface area contributed by atoms with E-state index in [2.05, 4.69) is 44.7 Å². The van der Waals surface area contributed by atoms with Gasteiger partial charge < -0.3 is 4.57 Å². The molecule has 0 N–H and O–H groups in total. The second kappa shape index (κ2) is 7.10. The maximum atomic E-state index is 4.64. The molecule has 25 heavy (non-hydrogen) atoms. The first kappa shape index (κ1) is 16.5. The Labute approximate surface area is 153 Å². The fourth-order valence-corrected chi connectivity index (χ4v) is 4.60. The van der Waals surface area contributed by atoms with Crippen molar-refractivity contribution in [1.29, 1.82) is 0 Å². The zero-order valence-corrected chi connectivity index (χ0v) is 15.7. The summed E-state index contributed by atoms with van der Waals surface area (Å²) >= 11 is 1.88. The Morgan fingerprint density at radius 2 is 2.04 bits per heavy atom. The third kappa shape index (κ3) is 3.53. The highest BCUT2D eigenvalue weighted by molar-refractivity contribution is 7.10. The minimum Gasteiger partial charge on any atom is -0.328 e. The van der Waals surface area contributed by atoms with E-state index in [1.54, 1.807) is 0 Å². The van der Waals surface area contributed by atoms with Gasteiger partial charge in [-0.15, -0.1) is 11.3 Å². The molecule has 4 heterocycles. The van der Waals surface area contributed by atoms with Crippen molar-refractivity contribution in [2.75, 3.05) is 13.1 Å². The smallest absolute Gasteiger partial charge is 0.140 e. The Hall–Kier alpha value is -1.98. The van der Waals surface area contributed by atoms with Gasteiger partial charge in [-0.3, -0.25) is 9.88 Å². The van der Waals surface area contributed by atoms with E-state index in [4.69, 9.17) is 0 Å². The molecule has 5 heteroatoms. The Bertz CT molecular complexity index is 837. The molecule has 1 aliphatic rings. The third-order valence-electron chi connectivity index (χ3n) is 5.14. The van der Waals surface area contributed by atoms with Gasteiger partial charge >= 0.3 is 0 Å². The minimum atomic E-state index is 0.689. The first-order chi connectivity index (χ1) is 12.2. The number of nitrogens with zero attached hydrogens (tertiary/aromatic N) is 4. The second-order valence-corrected chi connectivity index (χ2v) is 7.99. The van der Waals surface area contributed by atoms with Crippen LogP contribution in [-0.2, 0) is 13.1 Å². The van der Waals surface area contributed by atoms with Gasteiger partial charge in [0.25, 0.3) is 0 Å². The monoisotopic (exact) mass is 352 g/mol. The summed E-state index contributed by atoms with van der Waals surface area (Å²) in [4.78, 5) is 12.9. The van der Waals surface area contributed by atoms with Crippen LogP contribution in [0.1, 0.15) is 22.6 Å². The lowest BCUT2D eigenvalue weighted by molar-refractivity contribution is 0.311. The lowest BCUT2D eigenvalue weighted by Crippen LogP contribution is -2.21. The van der Waals surface area contributed by atoms with E-state index in [-0.39, 0.29) is 0 Å². The van der Waals surface area contributed by atoms with Crippen molar-refractivity contribution < 1.29 is 0 Å². The average Bonchev–Trinajstić information content (AvgIpc) is 3.33. The van der Waals surface area contributed by atoms with Crippen molar-refractivity contribution in [3.05, 3.63) is 58.3 Å². The molecule has 1 aliphatic heterocycles. The summed E-state index contributed by atoms with van der Waals surface area (Å²) in [5, 5.41) is 2.20. The van der Waals surface area contributed by atoms with Crippen LogP contribution in [0.15, 0.2) is 42.2 Å². The van der Waals surface area contributed by atoms with E-state index < -0.39 is 0 Å². The Morgan fingerprint density at radius 3 is 2.80 bits per heavy atom. The number of aryl methyl sites for hydroxylation is 2. The van der Waals surface area contributed by atoms with Gasteiger partial charge in [-0.25, -0.2) is 4.98 Å². The average molecular weight is 353 g/mol.